The van der Waals surface area contributed by atoms with Crippen LogP contribution in [0.4, 0.5) is 11.4 Å². The molecule has 0 atom stereocenters. The van der Waals surface area contributed by atoms with E-state index >= 15 is 0 Å². The molecule has 0 heterocycles. The molecule has 10 heteroatoms. The highest BCUT2D eigenvalue weighted by molar-refractivity contribution is 6.31. The van der Waals surface area contributed by atoms with E-state index < -0.39 is 66.5 Å². The molecule has 0 saturated carbocycles. The first kappa shape index (κ1) is 15.1. The number of nitro groups is 2. The van der Waals surface area contributed by atoms with Gasteiger partial charge in [0.05, 0.1) is 21.0 Å². The molecule has 0 spiro atoms. The third kappa shape index (κ3) is 1.83. The maximum Gasteiger partial charge on any atom is 0.311 e. The van der Waals surface area contributed by atoms with E-state index in [9.17, 15) is 40.0 Å². The van der Waals surface area contributed by atoms with Crippen LogP contribution in [0.1, 0.15) is 31.8 Å². The summed E-state index contributed by atoms with van der Waals surface area (Å²) in [5.41, 5.74) is -3.86. The monoisotopic (exact) mass is 330 g/mol. The summed E-state index contributed by atoms with van der Waals surface area (Å²) in [6.45, 7) is 0. The van der Waals surface area contributed by atoms with Crippen LogP contribution in [0.25, 0.3) is 0 Å². The molecule has 0 saturated heterocycles. The Morgan fingerprint density at radius 1 is 0.750 bits per heavy atom. The van der Waals surface area contributed by atoms with Crippen molar-refractivity contribution < 1.29 is 29.6 Å². The van der Waals surface area contributed by atoms with Gasteiger partial charge in [-0.15, -0.1) is 0 Å². The summed E-state index contributed by atoms with van der Waals surface area (Å²) < 4.78 is 0. The van der Waals surface area contributed by atoms with Gasteiger partial charge in [0.15, 0.2) is 0 Å². The highest BCUT2D eigenvalue weighted by Gasteiger charge is 2.41. The first-order valence-electron chi connectivity index (χ1n) is 6.35. The van der Waals surface area contributed by atoms with Gasteiger partial charge in [0.1, 0.15) is 11.3 Å². The van der Waals surface area contributed by atoms with Crippen LogP contribution >= 0.6 is 0 Å². The van der Waals surface area contributed by atoms with Gasteiger partial charge in [-0.2, -0.15) is 0 Å². The minimum absolute atomic E-state index is 0.413. The first-order chi connectivity index (χ1) is 11.3. The van der Waals surface area contributed by atoms with Crippen molar-refractivity contribution >= 4 is 22.9 Å². The van der Waals surface area contributed by atoms with Crippen LogP contribution in [0.3, 0.4) is 0 Å². The Labute approximate surface area is 131 Å². The highest BCUT2D eigenvalue weighted by Crippen LogP contribution is 2.42. The molecule has 0 bridgehead atoms. The lowest BCUT2D eigenvalue weighted by Crippen LogP contribution is -2.22. The molecule has 0 aromatic heterocycles. The van der Waals surface area contributed by atoms with Crippen molar-refractivity contribution in [2.24, 2.45) is 0 Å². The molecule has 2 aromatic carbocycles. The second-order valence-corrected chi connectivity index (χ2v) is 4.88. The number of rotatable bonds is 2. The third-order valence-electron chi connectivity index (χ3n) is 3.64. The largest absolute Gasteiger partial charge is 0.507 e. The van der Waals surface area contributed by atoms with Gasteiger partial charge in [0, 0.05) is 17.7 Å². The fourth-order valence-corrected chi connectivity index (χ4v) is 2.60. The molecule has 3 rings (SSSR count). The summed E-state index contributed by atoms with van der Waals surface area (Å²) in [4.78, 5) is 45.1. The molecule has 0 aliphatic heterocycles. The fraction of sp³-hybridized carbons (Fsp3) is 0. The zero-order valence-corrected chi connectivity index (χ0v) is 11.5. The molecule has 0 fully saturated rings. The Bertz CT molecular complexity index is 975. The number of phenolic OH excluding ortho intramolecular Hbond substituents is 2. The number of nitro benzene ring substituents is 2. The fourth-order valence-electron chi connectivity index (χ4n) is 2.60. The second kappa shape index (κ2) is 4.84. The van der Waals surface area contributed by atoms with E-state index in [1.165, 1.54) is 0 Å². The molecule has 120 valence electrons. The van der Waals surface area contributed by atoms with Crippen molar-refractivity contribution in [2.45, 2.75) is 0 Å². The van der Waals surface area contributed by atoms with Crippen LogP contribution in [0.15, 0.2) is 24.3 Å². The average molecular weight is 330 g/mol. The number of ketones is 2. The van der Waals surface area contributed by atoms with Gasteiger partial charge in [0.2, 0.25) is 17.3 Å². The molecule has 24 heavy (non-hydrogen) atoms. The SMILES string of the molecule is O=C1c2c(ccc([N+](=O)[O-])c2O)C(=O)c2c([N+](=O)[O-])ccc(O)c21. The summed E-state index contributed by atoms with van der Waals surface area (Å²) >= 11 is 0. The van der Waals surface area contributed by atoms with E-state index in [1.807, 2.05) is 0 Å². The molecule has 10 nitrogen and oxygen atoms in total. The molecule has 0 unspecified atom stereocenters. The van der Waals surface area contributed by atoms with Crippen LogP contribution in [0.5, 0.6) is 11.5 Å². The predicted molar refractivity (Wildman–Crippen MR) is 76.4 cm³/mol. The maximum absolute atomic E-state index is 12.5. The predicted octanol–water partition coefficient (Wildman–Crippen LogP) is 1.69. The summed E-state index contributed by atoms with van der Waals surface area (Å²) in [6.07, 6.45) is 0. The Kier molecular flexibility index (Phi) is 3.04. The zero-order valence-electron chi connectivity index (χ0n) is 11.5. The smallest absolute Gasteiger partial charge is 0.311 e. The molecule has 2 N–H and O–H groups in total. The Morgan fingerprint density at radius 2 is 1.33 bits per heavy atom. The molecule has 1 aliphatic rings. The van der Waals surface area contributed by atoms with E-state index in [2.05, 4.69) is 0 Å². The van der Waals surface area contributed by atoms with Crippen LogP contribution in [0, 0.1) is 20.2 Å². The topological polar surface area (TPSA) is 161 Å². The van der Waals surface area contributed by atoms with E-state index in [0.29, 0.717) is 0 Å². The minimum Gasteiger partial charge on any atom is -0.507 e. The van der Waals surface area contributed by atoms with Gasteiger partial charge in [0.25, 0.3) is 5.69 Å². The number of nitrogens with zero attached hydrogens (tertiary/aromatic N) is 2. The van der Waals surface area contributed by atoms with Gasteiger partial charge in [-0.3, -0.25) is 29.8 Å². The first-order valence-corrected chi connectivity index (χ1v) is 6.35. The van der Waals surface area contributed by atoms with Crippen LogP contribution < -0.4 is 0 Å². The number of carbonyl (C=O) groups excluding carboxylic acids is 2. The number of phenols is 2. The Balaban J connectivity index is 2.40. The molecule has 2 aromatic rings. The van der Waals surface area contributed by atoms with Gasteiger partial charge in [-0.05, 0) is 12.1 Å². The zero-order chi connectivity index (χ0) is 17.8. The maximum atomic E-state index is 12.5. The van der Waals surface area contributed by atoms with Crippen LogP contribution in [0.2, 0.25) is 0 Å². The quantitative estimate of drug-likeness (QED) is 0.530. The lowest BCUT2D eigenvalue weighted by Gasteiger charge is -2.18. The number of benzene rings is 2. The van der Waals surface area contributed by atoms with Gasteiger partial charge >= 0.3 is 5.69 Å². The molecular formula is C14H6N2O8. The van der Waals surface area contributed by atoms with Gasteiger partial charge in [-0.25, -0.2) is 0 Å². The van der Waals surface area contributed by atoms with Crippen molar-refractivity contribution in [1.29, 1.82) is 0 Å². The van der Waals surface area contributed by atoms with Crippen molar-refractivity contribution in [3.05, 3.63) is 66.7 Å². The summed E-state index contributed by atoms with van der Waals surface area (Å²) in [7, 11) is 0. The van der Waals surface area contributed by atoms with Crippen LogP contribution in [-0.4, -0.2) is 31.6 Å². The molecule has 1 aliphatic carbocycles. The number of aromatic hydroxyl groups is 2. The molecular weight excluding hydrogens is 324 g/mol. The van der Waals surface area contributed by atoms with Crippen molar-refractivity contribution in [1.82, 2.24) is 0 Å². The lowest BCUT2D eigenvalue weighted by atomic mass is 9.82. The van der Waals surface area contributed by atoms with Crippen molar-refractivity contribution in [3.8, 4) is 11.5 Å². The van der Waals surface area contributed by atoms with Gasteiger partial charge in [-0.1, -0.05) is 0 Å². The van der Waals surface area contributed by atoms with E-state index in [0.717, 1.165) is 24.3 Å². The summed E-state index contributed by atoms with van der Waals surface area (Å²) in [6, 6.07) is 3.49. The van der Waals surface area contributed by atoms with Crippen molar-refractivity contribution in [2.75, 3.05) is 0 Å². The number of hydrogen-bond donors (Lipinski definition) is 2. The average Bonchev–Trinajstić information content (AvgIpc) is 2.51. The minimum atomic E-state index is -1.11. The number of carbonyl (C=O) groups is 2. The molecule has 0 amide bonds. The lowest BCUT2D eigenvalue weighted by molar-refractivity contribution is -0.385. The standard InChI is InChI=1S/C14H6N2O8/c17-8-4-3-6(15(21)22)10-11(8)14(20)9-5(12(10)18)1-2-7(13(9)19)16(23)24/h1-4,17,19H. The molecule has 0 radical (unpaired) electrons. The third-order valence-corrected chi connectivity index (χ3v) is 3.64. The van der Waals surface area contributed by atoms with E-state index in [-0.39, 0.29) is 0 Å². The van der Waals surface area contributed by atoms with Crippen LogP contribution in [-0.2, 0) is 0 Å². The second-order valence-electron chi connectivity index (χ2n) is 4.88. The number of hydrogen-bond acceptors (Lipinski definition) is 8. The van der Waals surface area contributed by atoms with E-state index in [1.54, 1.807) is 0 Å². The normalized spacial score (nSPS) is 12.5. The Morgan fingerprint density at radius 3 is 1.92 bits per heavy atom. The number of fused-ring (bicyclic) bond motifs is 2. The van der Waals surface area contributed by atoms with Crippen molar-refractivity contribution in [3.63, 3.8) is 0 Å². The Hall–Kier alpha value is -3.82. The summed E-state index contributed by atoms with van der Waals surface area (Å²) in [5, 5.41) is 41.7. The highest BCUT2D eigenvalue weighted by atomic mass is 16.6. The summed E-state index contributed by atoms with van der Waals surface area (Å²) in [5.74, 6) is -3.84. The van der Waals surface area contributed by atoms with E-state index in [4.69, 9.17) is 0 Å². The van der Waals surface area contributed by atoms with Gasteiger partial charge < -0.3 is 10.2 Å².